The number of hydrogen-bond donors (Lipinski definition) is 2. The van der Waals surface area contributed by atoms with Gasteiger partial charge in [-0.05, 0) is 26.0 Å². The molecular formula is C14H13N5O2S. The molecule has 0 radical (unpaired) electrons. The van der Waals surface area contributed by atoms with Crippen molar-refractivity contribution < 1.29 is 9.90 Å². The van der Waals surface area contributed by atoms with Crippen LogP contribution in [0.15, 0.2) is 24.3 Å². The van der Waals surface area contributed by atoms with Crippen LogP contribution in [0, 0.1) is 13.8 Å². The second-order valence-electron chi connectivity index (χ2n) is 4.77. The number of carbonyl (C=O) groups is 1. The number of rotatable bonds is 3. The van der Waals surface area contributed by atoms with Crippen LogP contribution in [0.3, 0.4) is 0 Å². The van der Waals surface area contributed by atoms with Gasteiger partial charge in [-0.1, -0.05) is 28.7 Å². The van der Waals surface area contributed by atoms with Crippen LogP contribution in [0.4, 0.5) is 5.69 Å². The lowest BCUT2D eigenvalue weighted by Gasteiger charge is -2.05. The van der Waals surface area contributed by atoms with Crippen molar-refractivity contribution in [3.63, 3.8) is 0 Å². The lowest BCUT2D eigenvalue weighted by atomic mass is 10.1. The van der Waals surface area contributed by atoms with Crippen LogP contribution in [0.25, 0.3) is 16.4 Å². The van der Waals surface area contributed by atoms with Gasteiger partial charge in [0.1, 0.15) is 5.69 Å². The smallest absolute Gasteiger partial charge is 0.358 e. The van der Waals surface area contributed by atoms with Crippen molar-refractivity contribution in [3.8, 4) is 16.4 Å². The topological polar surface area (TPSA) is 107 Å². The Hall–Kier alpha value is -2.74. The van der Waals surface area contributed by atoms with Crippen LogP contribution >= 0.6 is 11.3 Å². The number of nitrogen functional groups attached to an aromatic ring is 1. The molecule has 0 amide bonds. The number of thiazole rings is 1. The van der Waals surface area contributed by atoms with Gasteiger partial charge in [0.2, 0.25) is 5.13 Å². The molecule has 1 aromatic carbocycles. The molecule has 2 aromatic heterocycles. The Kier molecular flexibility index (Phi) is 3.38. The summed E-state index contributed by atoms with van der Waals surface area (Å²) in [6.07, 6.45) is 0. The summed E-state index contributed by atoms with van der Waals surface area (Å²) in [6.45, 7) is 3.84. The van der Waals surface area contributed by atoms with E-state index in [-0.39, 0.29) is 5.69 Å². The summed E-state index contributed by atoms with van der Waals surface area (Å²) in [6, 6.07) is 6.95. The summed E-state index contributed by atoms with van der Waals surface area (Å²) in [7, 11) is 0. The number of aromatic nitrogens is 4. The van der Waals surface area contributed by atoms with Crippen molar-refractivity contribution in [2.45, 2.75) is 13.8 Å². The SMILES string of the molecule is Cc1nc(-n2nnc(C(=O)O)c2-c2cccc(N)c2)sc1C. The summed E-state index contributed by atoms with van der Waals surface area (Å²) in [5, 5.41) is 17.7. The first-order valence-electron chi connectivity index (χ1n) is 6.46. The molecule has 3 N–H and O–H groups in total. The summed E-state index contributed by atoms with van der Waals surface area (Å²) >= 11 is 1.43. The van der Waals surface area contributed by atoms with E-state index >= 15 is 0 Å². The molecule has 0 bridgehead atoms. The van der Waals surface area contributed by atoms with E-state index in [1.165, 1.54) is 16.0 Å². The van der Waals surface area contributed by atoms with E-state index in [9.17, 15) is 9.90 Å². The van der Waals surface area contributed by atoms with Gasteiger partial charge in [-0.3, -0.25) is 0 Å². The van der Waals surface area contributed by atoms with Crippen LogP contribution in [0.5, 0.6) is 0 Å². The molecule has 112 valence electrons. The summed E-state index contributed by atoms with van der Waals surface area (Å²) in [4.78, 5) is 16.9. The Balaban J connectivity index is 2.26. The van der Waals surface area contributed by atoms with Crippen molar-refractivity contribution >= 4 is 23.0 Å². The monoisotopic (exact) mass is 315 g/mol. The highest BCUT2D eigenvalue weighted by atomic mass is 32.1. The van der Waals surface area contributed by atoms with Crippen molar-refractivity contribution in [2.75, 3.05) is 5.73 Å². The molecule has 0 atom stereocenters. The fourth-order valence-electron chi connectivity index (χ4n) is 2.05. The third kappa shape index (κ3) is 2.33. The molecular weight excluding hydrogens is 302 g/mol. The van der Waals surface area contributed by atoms with Gasteiger partial charge in [0.25, 0.3) is 0 Å². The first-order valence-corrected chi connectivity index (χ1v) is 7.28. The number of carboxylic acid groups (broad SMARTS) is 1. The summed E-state index contributed by atoms with van der Waals surface area (Å²) in [5.41, 5.74) is 8.09. The minimum absolute atomic E-state index is 0.129. The maximum Gasteiger partial charge on any atom is 0.358 e. The molecule has 0 unspecified atom stereocenters. The number of aromatic carboxylic acids is 1. The van der Waals surface area contributed by atoms with Gasteiger partial charge in [0, 0.05) is 16.1 Å². The van der Waals surface area contributed by atoms with Crippen LogP contribution in [-0.2, 0) is 0 Å². The van der Waals surface area contributed by atoms with E-state index in [4.69, 9.17) is 5.73 Å². The van der Waals surface area contributed by atoms with E-state index in [2.05, 4.69) is 15.3 Å². The largest absolute Gasteiger partial charge is 0.476 e. The van der Waals surface area contributed by atoms with E-state index < -0.39 is 5.97 Å². The maximum absolute atomic E-state index is 11.4. The van der Waals surface area contributed by atoms with Gasteiger partial charge in [0.05, 0.1) is 5.69 Å². The van der Waals surface area contributed by atoms with Gasteiger partial charge >= 0.3 is 5.97 Å². The van der Waals surface area contributed by atoms with Gasteiger partial charge in [-0.15, -0.1) is 5.10 Å². The van der Waals surface area contributed by atoms with Gasteiger partial charge in [0.15, 0.2) is 5.69 Å². The Morgan fingerprint density at radius 1 is 1.36 bits per heavy atom. The molecule has 3 aromatic rings. The molecule has 0 spiro atoms. The Labute approximate surface area is 130 Å². The molecule has 0 aliphatic carbocycles. The predicted octanol–water partition coefficient (Wildman–Crippen LogP) is 2.29. The van der Waals surface area contributed by atoms with Crippen LogP contribution in [0.1, 0.15) is 21.1 Å². The summed E-state index contributed by atoms with van der Waals surface area (Å²) in [5.74, 6) is -1.14. The number of hydrogen-bond acceptors (Lipinski definition) is 6. The minimum atomic E-state index is -1.14. The van der Waals surface area contributed by atoms with Crippen LogP contribution in [-0.4, -0.2) is 31.1 Å². The average Bonchev–Trinajstić information content (AvgIpc) is 3.03. The molecule has 2 heterocycles. The van der Waals surface area contributed by atoms with Crippen molar-refractivity contribution in [2.24, 2.45) is 0 Å². The van der Waals surface area contributed by atoms with Crippen molar-refractivity contribution in [3.05, 3.63) is 40.5 Å². The highest BCUT2D eigenvalue weighted by molar-refractivity contribution is 7.14. The predicted molar refractivity (Wildman–Crippen MR) is 83.3 cm³/mol. The standard InChI is InChI=1S/C14H13N5O2S/c1-7-8(2)22-14(16-7)19-12(11(13(20)21)17-18-19)9-4-3-5-10(15)6-9/h3-6H,15H2,1-2H3,(H,20,21). The Morgan fingerprint density at radius 3 is 2.73 bits per heavy atom. The van der Waals surface area contributed by atoms with Gasteiger partial charge < -0.3 is 10.8 Å². The summed E-state index contributed by atoms with van der Waals surface area (Å²) < 4.78 is 1.45. The molecule has 0 aliphatic heterocycles. The average molecular weight is 315 g/mol. The minimum Gasteiger partial charge on any atom is -0.476 e. The molecule has 22 heavy (non-hydrogen) atoms. The number of aryl methyl sites for hydroxylation is 2. The number of anilines is 1. The number of benzene rings is 1. The van der Waals surface area contributed by atoms with Gasteiger partial charge in [-0.2, -0.15) is 4.68 Å². The van der Waals surface area contributed by atoms with Crippen LogP contribution < -0.4 is 5.73 Å². The van der Waals surface area contributed by atoms with Gasteiger partial charge in [-0.25, -0.2) is 9.78 Å². The first kappa shape index (κ1) is 14.2. The Bertz CT molecular complexity index is 848. The first-order chi connectivity index (χ1) is 10.5. The number of carboxylic acids is 1. The third-order valence-electron chi connectivity index (χ3n) is 3.23. The zero-order valence-corrected chi connectivity index (χ0v) is 12.8. The number of nitrogens with zero attached hydrogens (tertiary/aromatic N) is 4. The lowest BCUT2D eigenvalue weighted by Crippen LogP contribution is -2.03. The highest BCUT2D eigenvalue weighted by Crippen LogP contribution is 2.29. The Morgan fingerprint density at radius 2 is 2.14 bits per heavy atom. The highest BCUT2D eigenvalue weighted by Gasteiger charge is 2.23. The molecule has 7 nitrogen and oxygen atoms in total. The maximum atomic E-state index is 11.4. The molecule has 8 heteroatoms. The zero-order valence-electron chi connectivity index (χ0n) is 11.9. The molecule has 3 rings (SSSR count). The van der Waals surface area contributed by atoms with E-state index in [1.54, 1.807) is 24.3 Å². The van der Waals surface area contributed by atoms with E-state index in [1.807, 2.05) is 13.8 Å². The number of nitrogens with two attached hydrogens (primary N) is 1. The van der Waals surface area contributed by atoms with Crippen molar-refractivity contribution in [1.29, 1.82) is 0 Å². The lowest BCUT2D eigenvalue weighted by molar-refractivity contribution is 0.0691. The fourth-order valence-corrected chi connectivity index (χ4v) is 2.92. The fraction of sp³-hybridized carbons (Fsp3) is 0.143. The van der Waals surface area contributed by atoms with E-state index in [0.29, 0.717) is 22.1 Å². The molecule has 0 saturated heterocycles. The quantitative estimate of drug-likeness (QED) is 0.718. The molecule has 0 fully saturated rings. The second kappa shape index (κ2) is 5.23. The van der Waals surface area contributed by atoms with Crippen LogP contribution in [0.2, 0.25) is 0 Å². The van der Waals surface area contributed by atoms with Crippen molar-refractivity contribution in [1.82, 2.24) is 20.0 Å². The molecule has 0 aliphatic rings. The zero-order chi connectivity index (χ0) is 15.9. The molecule has 0 saturated carbocycles. The second-order valence-corrected chi connectivity index (χ2v) is 5.95. The normalized spacial score (nSPS) is 10.8. The third-order valence-corrected chi connectivity index (χ3v) is 4.28. The van der Waals surface area contributed by atoms with E-state index in [0.717, 1.165) is 10.6 Å².